The lowest BCUT2D eigenvalue weighted by atomic mass is 9.96. The summed E-state index contributed by atoms with van der Waals surface area (Å²) < 4.78 is 28.6. The Hall–Kier alpha value is -4.73. The monoisotopic (exact) mass is 629 g/mol. The zero-order valence-electron chi connectivity index (χ0n) is 24.1. The van der Waals surface area contributed by atoms with Gasteiger partial charge in [-0.05, 0) is 30.5 Å². The Morgan fingerprint density at radius 1 is 0.778 bits per heavy atom. The summed E-state index contributed by atoms with van der Waals surface area (Å²) in [5.74, 6) is -1.96. The first-order chi connectivity index (χ1) is 21.5. The number of aryl methyl sites for hydroxylation is 2. The Kier molecular flexibility index (Phi) is 8.95. The van der Waals surface area contributed by atoms with E-state index in [-0.39, 0.29) is 80.9 Å². The van der Waals surface area contributed by atoms with E-state index < -0.39 is 43.1 Å². The molecule has 1 aliphatic heterocycles. The van der Waals surface area contributed by atoms with Crippen molar-refractivity contribution in [3.05, 3.63) is 53.6 Å². The SMILES string of the molecule is COc1cc(-c2[o+]c3cc(O)cc(O)c3c(CCc3ccc(O)c(O)c3)c2O[C@@H]2O[C@H](CO)[C@@H](O)[C@H](O)[C@H]2O)cc(OC)c1O. The first-order valence-corrected chi connectivity index (χ1v) is 13.7. The number of phenolic OH excluding ortho intramolecular Hbond substituents is 5. The third-order valence-electron chi connectivity index (χ3n) is 7.59. The van der Waals surface area contributed by atoms with Crippen molar-refractivity contribution in [2.24, 2.45) is 0 Å². The Morgan fingerprint density at radius 2 is 1.47 bits per heavy atom. The first-order valence-electron chi connectivity index (χ1n) is 13.7. The number of rotatable bonds is 9. The van der Waals surface area contributed by atoms with E-state index in [0.717, 1.165) is 6.07 Å². The third kappa shape index (κ3) is 6.01. The average molecular weight is 630 g/mol. The number of aromatic hydroxyl groups is 5. The maximum absolute atomic E-state index is 11.0. The molecule has 0 saturated carbocycles. The molecule has 1 aromatic heterocycles. The van der Waals surface area contributed by atoms with Crippen LogP contribution in [-0.4, -0.2) is 97.5 Å². The highest BCUT2D eigenvalue weighted by Gasteiger charge is 2.46. The summed E-state index contributed by atoms with van der Waals surface area (Å²) in [6.45, 7) is -0.719. The van der Waals surface area contributed by atoms with Gasteiger partial charge in [0.25, 0.3) is 0 Å². The normalized spacial score (nSPS) is 21.5. The number of aliphatic hydroxyl groups is 4. The van der Waals surface area contributed by atoms with Crippen LogP contribution in [0.1, 0.15) is 11.1 Å². The maximum Gasteiger partial charge on any atom is 0.402 e. The lowest BCUT2D eigenvalue weighted by Gasteiger charge is -2.39. The summed E-state index contributed by atoms with van der Waals surface area (Å²) in [6, 6.07) is 9.36. The molecule has 4 aromatic rings. The zero-order valence-corrected chi connectivity index (χ0v) is 24.1. The highest BCUT2D eigenvalue weighted by molar-refractivity contribution is 5.92. The van der Waals surface area contributed by atoms with Gasteiger partial charge >= 0.3 is 11.3 Å². The van der Waals surface area contributed by atoms with Gasteiger partial charge in [-0.2, -0.15) is 0 Å². The number of fused-ring (bicyclic) bond motifs is 1. The molecule has 0 radical (unpaired) electrons. The van der Waals surface area contributed by atoms with Crippen molar-refractivity contribution in [1.82, 2.24) is 0 Å². The number of ether oxygens (including phenoxy) is 4. The molecule has 240 valence electrons. The average Bonchev–Trinajstić information content (AvgIpc) is 3.02. The van der Waals surface area contributed by atoms with Gasteiger partial charge in [-0.1, -0.05) is 6.07 Å². The van der Waals surface area contributed by atoms with Crippen LogP contribution in [0.5, 0.6) is 46.0 Å². The van der Waals surface area contributed by atoms with Gasteiger partial charge in [0.2, 0.25) is 17.8 Å². The highest BCUT2D eigenvalue weighted by atomic mass is 16.7. The quantitative estimate of drug-likeness (QED) is 0.0951. The van der Waals surface area contributed by atoms with Crippen LogP contribution in [0.15, 0.2) is 46.9 Å². The van der Waals surface area contributed by atoms with Crippen LogP contribution < -0.4 is 14.2 Å². The molecular formula is C31H33O14+. The second-order valence-corrected chi connectivity index (χ2v) is 10.4. The summed E-state index contributed by atoms with van der Waals surface area (Å²) in [6.07, 6.45) is -7.98. The fraction of sp³-hybridized carbons (Fsp3) is 0.323. The van der Waals surface area contributed by atoms with Gasteiger partial charge in [-0.15, -0.1) is 0 Å². The molecule has 0 amide bonds. The van der Waals surface area contributed by atoms with Gasteiger partial charge in [0.15, 0.2) is 23.0 Å². The zero-order chi connectivity index (χ0) is 32.6. The molecule has 45 heavy (non-hydrogen) atoms. The summed E-state index contributed by atoms with van der Waals surface area (Å²) in [5, 5.41) is 93.1. The molecule has 14 heteroatoms. The van der Waals surface area contributed by atoms with Crippen molar-refractivity contribution in [2.45, 2.75) is 43.5 Å². The Morgan fingerprint density at radius 3 is 2.09 bits per heavy atom. The molecular weight excluding hydrogens is 596 g/mol. The topological polar surface area (TPSA) is 230 Å². The Bertz CT molecular complexity index is 1680. The summed E-state index contributed by atoms with van der Waals surface area (Å²) in [5.41, 5.74) is 1.03. The molecule has 1 saturated heterocycles. The van der Waals surface area contributed by atoms with E-state index >= 15 is 0 Å². The van der Waals surface area contributed by atoms with Crippen molar-refractivity contribution in [3.63, 3.8) is 0 Å². The minimum Gasteiger partial charge on any atom is -0.507 e. The molecule has 1 aliphatic rings. The number of benzene rings is 3. The van der Waals surface area contributed by atoms with Gasteiger partial charge in [0.05, 0.1) is 32.5 Å². The standard InChI is InChI=1S/C31H32O14/c1-41-21-8-14(9-22(42-2)25(21)37)29-30(45-31-28(40)27(39)26(38)23(12-32)44-31)16(5-3-13-4-6-17(34)18(35)7-13)24-19(36)10-15(33)11-20(24)43-29/h4,6-11,23,26-28,31-32,38-40H,3,5,12H2,1-2H3,(H4-,33,34,35,36,37)/p+1/t23-,26-,27+,28-,31+/m1/s1. The van der Waals surface area contributed by atoms with E-state index in [1.165, 1.54) is 44.6 Å². The number of phenols is 5. The molecule has 0 aliphatic carbocycles. The molecule has 0 unspecified atom stereocenters. The van der Waals surface area contributed by atoms with Gasteiger partial charge in [0, 0.05) is 23.8 Å². The minimum atomic E-state index is -1.81. The van der Waals surface area contributed by atoms with Crippen molar-refractivity contribution in [2.75, 3.05) is 20.8 Å². The molecule has 5 rings (SSSR count). The lowest BCUT2D eigenvalue weighted by Crippen LogP contribution is -2.60. The molecule has 9 N–H and O–H groups in total. The van der Waals surface area contributed by atoms with Crippen LogP contribution in [0.25, 0.3) is 22.3 Å². The minimum absolute atomic E-state index is 0.00165. The predicted octanol–water partition coefficient (Wildman–Crippen LogP) is 1.89. The van der Waals surface area contributed by atoms with Crippen LogP contribution in [0, 0.1) is 0 Å². The second-order valence-electron chi connectivity index (χ2n) is 10.4. The third-order valence-corrected chi connectivity index (χ3v) is 7.59. The Balaban J connectivity index is 1.77. The molecule has 3 aromatic carbocycles. The van der Waals surface area contributed by atoms with Crippen LogP contribution in [0.2, 0.25) is 0 Å². The summed E-state index contributed by atoms with van der Waals surface area (Å²) >= 11 is 0. The number of hydrogen-bond donors (Lipinski definition) is 9. The second kappa shape index (κ2) is 12.7. The van der Waals surface area contributed by atoms with Crippen molar-refractivity contribution < 1.29 is 69.3 Å². The summed E-state index contributed by atoms with van der Waals surface area (Å²) in [4.78, 5) is 0. The van der Waals surface area contributed by atoms with Gasteiger partial charge < -0.3 is 64.9 Å². The van der Waals surface area contributed by atoms with Crippen LogP contribution in [0.4, 0.5) is 0 Å². The van der Waals surface area contributed by atoms with E-state index in [1.54, 1.807) is 6.07 Å². The van der Waals surface area contributed by atoms with Crippen molar-refractivity contribution in [3.8, 4) is 57.3 Å². The van der Waals surface area contributed by atoms with E-state index in [0.29, 0.717) is 5.56 Å². The van der Waals surface area contributed by atoms with Crippen LogP contribution >= 0.6 is 0 Å². The Labute approximate surface area is 255 Å². The van der Waals surface area contributed by atoms with E-state index in [4.69, 9.17) is 23.4 Å². The highest BCUT2D eigenvalue weighted by Crippen LogP contribution is 2.48. The van der Waals surface area contributed by atoms with Gasteiger partial charge in [-0.3, -0.25) is 0 Å². The largest absolute Gasteiger partial charge is 0.507 e. The molecule has 1 fully saturated rings. The molecule has 0 spiro atoms. The van der Waals surface area contributed by atoms with E-state index in [1.807, 2.05) is 0 Å². The van der Waals surface area contributed by atoms with Crippen molar-refractivity contribution >= 4 is 11.0 Å². The summed E-state index contributed by atoms with van der Waals surface area (Å²) in [7, 11) is 2.63. The fourth-order valence-electron chi connectivity index (χ4n) is 5.23. The molecule has 2 heterocycles. The fourth-order valence-corrected chi connectivity index (χ4v) is 5.23. The number of hydrogen-bond acceptors (Lipinski definition) is 13. The smallest absolute Gasteiger partial charge is 0.402 e. The van der Waals surface area contributed by atoms with E-state index in [9.17, 15) is 46.0 Å². The van der Waals surface area contributed by atoms with Crippen LogP contribution in [0.3, 0.4) is 0 Å². The molecule has 0 bridgehead atoms. The first kappa shape index (κ1) is 31.7. The lowest BCUT2D eigenvalue weighted by molar-refractivity contribution is -0.277. The predicted molar refractivity (Wildman–Crippen MR) is 156 cm³/mol. The van der Waals surface area contributed by atoms with Crippen LogP contribution in [-0.2, 0) is 17.6 Å². The molecule has 5 atom stereocenters. The maximum atomic E-state index is 11.0. The van der Waals surface area contributed by atoms with E-state index in [2.05, 4.69) is 0 Å². The van der Waals surface area contributed by atoms with Gasteiger partial charge in [0.1, 0.15) is 41.3 Å². The number of methoxy groups -OCH3 is 2. The number of aliphatic hydroxyl groups excluding tert-OH is 4. The van der Waals surface area contributed by atoms with Gasteiger partial charge in [-0.25, -0.2) is 4.42 Å². The van der Waals surface area contributed by atoms with Crippen molar-refractivity contribution in [1.29, 1.82) is 0 Å². The molecule has 14 nitrogen and oxygen atoms in total.